The molecule has 1 atom stereocenters. The molecule has 64 valence electrons. The third kappa shape index (κ3) is 3.99. The van der Waals surface area contributed by atoms with E-state index in [4.69, 9.17) is 5.26 Å². The minimum atomic E-state index is -3.01. The summed E-state index contributed by atoms with van der Waals surface area (Å²) in [5.41, 5.74) is 0. The number of rotatable bonds is 4. The van der Waals surface area contributed by atoms with Crippen LogP contribution in [0.5, 0.6) is 0 Å². The van der Waals surface area contributed by atoms with Crippen molar-refractivity contribution in [2.24, 2.45) is 0 Å². The monoisotopic (exact) mass is 175 g/mol. The summed E-state index contributed by atoms with van der Waals surface area (Å²) in [7, 11) is -3.01. The number of sulfone groups is 1. The van der Waals surface area contributed by atoms with E-state index >= 15 is 0 Å². The molecule has 0 radical (unpaired) electrons. The third-order valence-corrected chi connectivity index (χ3v) is 3.15. The van der Waals surface area contributed by atoms with Crippen LogP contribution in [0.3, 0.4) is 0 Å². The van der Waals surface area contributed by atoms with Gasteiger partial charge in [-0.15, -0.1) is 0 Å². The van der Waals surface area contributed by atoms with Crippen LogP contribution in [0.2, 0.25) is 0 Å². The van der Waals surface area contributed by atoms with E-state index < -0.39 is 15.1 Å². The van der Waals surface area contributed by atoms with Crippen molar-refractivity contribution >= 4 is 9.84 Å². The van der Waals surface area contributed by atoms with E-state index in [1.807, 2.05) is 13.0 Å². The normalized spacial score (nSPS) is 13.9. The number of nitrogens with zero attached hydrogens (tertiary/aromatic N) is 1. The van der Waals surface area contributed by atoms with Gasteiger partial charge in [0.1, 0.15) is 0 Å². The lowest BCUT2D eigenvalue weighted by Crippen LogP contribution is -2.18. The van der Waals surface area contributed by atoms with Crippen LogP contribution in [-0.4, -0.2) is 19.9 Å². The molecule has 11 heavy (non-hydrogen) atoms. The number of nitriles is 1. The minimum Gasteiger partial charge on any atom is -0.229 e. The second-order valence-corrected chi connectivity index (χ2v) is 4.93. The summed E-state index contributed by atoms with van der Waals surface area (Å²) in [5, 5.41) is 7.85. The number of hydrogen-bond acceptors (Lipinski definition) is 3. The molecule has 0 heterocycles. The van der Waals surface area contributed by atoms with E-state index in [0.29, 0.717) is 6.42 Å². The van der Waals surface area contributed by atoms with Crippen molar-refractivity contribution in [3.63, 3.8) is 0 Å². The van der Waals surface area contributed by atoms with Crippen LogP contribution in [0, 0.1) is 11.3 Å². The van der Waals surface area contributed by atoms with Crippen molar-refractivity contribution in [2.75, 3.05) is 6.26 Å². The molecule has 4 heteroatoms. The fraction of sp³-hybridized carbons (Fsp3) is 0.857. The van der Waals surface area contributed by atoms with Crippen LogP contribution in [-0.2, 0) is 9.84 Å². The smallest absolute Gasteiger partial charge is 0.151 e. The molecule has 0 aromatic rings. The highest BCUT2D eigenvalue weighted by Crippen LogP contribution is 2.10. The second-order valence-electron chi connectivity index (χ2n) is 2.60. The quantitative estimate of drug-likeness (QED) is 0.643. The van der Waals surface area contributed by atoms with Crippen LogP contribution in [0.25, 0.3) is 0 Å². The predicted molar refractivity (Wildman–Crippen MR) is 43.8 cm³/mol. The van der Waals surface area contributed by atoms with Gasteiger partial charge in [0.25, 0.3) is 0 Å². The molecular formula is C7H13NO2S. The first-order valence-electron chi connectivity index (χ1n) is 3.58. The van der Waals surface area contributed by atoms with Crippen LogP contribution in [0.4, 0.5) is 0 Å². The van der Waals surface area contributed by atoms with Gasteiger partial charge in [-0.1, -0.05) is 13.3 Å². The van der Waals surface area contributed by atoms with Gasteiger partial charge in [0, 0.05) is 6.26 Å². The Balaban J connectivity index is 4.25. The first kappa shape index (κ1) is 10.4. The maximum atomic E-state index is 11.0. The fourth-order valence-electron chi connectivity index (χ4n) is 0.891. The van der Waals surface area contributed by atoms with Gasteiger partial charge in [-0.3, -0.25) is 0 Å². The molecule has 0 fully saturated rings. The lowest BCUT2D eigenvalue weighted by Gasteiger charge is -2.08. The summed E-state index contributed by atoms with van der Waals surface area (Å²) in [4.78, 5) is 0. The van der Waals surface area contributed by atoms with Gasteiger partial charge < -0.3 is 0 Å². The zero-order valence-electron chi connectivity index (χ0n) is 6.87. The summed E-state index contributed by atoms with van der Waals surface area (Å²) in [5.74, 6) is 0. The van der Waals surface area contributed by atoms with Gasteiger partial charge in [0.15, 0.2) is 9.84 Å². The van der Waals surface area contributed by atoms with E-state index in [9.17, 15) is 8.42 Å². The lowest BCUT2D eigenvalue weighted by molar-refractivity contribution is 0.576. The summed E-state index contributed by atoms with van der Waals surface area (Å²) in [6.45, 7) is 1.91. The summed E-state index contributed by atoms with van der Waals surface area (Å²) >= 11 is 0. The average molecular weight is 175 g/mol. The molecule has 0 amide bonds. The lowest BCUT2D eigenvalue weighted by atomic mass is 10.2. The Morgan fingerprint density at radius 3 is 2.36 bits per heavy atom. The molecule has 0 N–H and O–H groups in total. The van der Waals surface area contributed by atoms with Gasteiger partial charge in [-0.05, 0) is 6.42 Å². The average Bonchev–Trinajstić information content (AvgIpc) is 1.85. The molecule has 0 rings (SSSR count). The zero-order chi connectivity index (χ0) is 8.91. The van der Waals surface area contributed by atoms with Crippen molar-refractivity contribution in [3.8, 4) is 6.07 Å². The van der Waals surface area contributed by atoms with Gasteiger partial charge in [0.05, 0.1) is 17.7 Å². The fourth-order valence-corrected chi connectivity index (χ4v) is 1.93. The minimum absolute atomic E-state index is 0.118. The van der Waals surface area contributed by atoms with Crippen molar-refractivity contribution < 1.29 is 8.42 Å². The van der Waals surface area contributed by atoms with E-state index in [0.717, 1.165) is 6.42 Å². The Labute approximate surface area is 67.9 Å². The Hall–Kier alpha value is -0.560. The number of hydrogen-bond donors (Lipinski definition) is 0. The predicted octanol–water partition coefficient (Wildman–Crippen LogP) is 1.11. The van der Waals surface area contributed by atoms with Crippen LogP contribution >= 0.6 is 0 Å². The Morgan fingerprint density at radius 1 is 1.55 bits per heavy atom. The maximum absolute atomic E-state index is 11.0. The van der Waals surface area contributed by atoms with Crippen molar-refractivity contribution in [2.45, 2.75) is 31.4 Å². The molecule has 0 aliphatic rings. The molecule has 0 saturated carbocycles. The van der Waals surface area contributed by atoms with Crippen molar-refractivity contribution in [3.05, 3.63) is 0 Å². The maximum Gasteiger partial charge on any atom is 0.151 e. The van der Waals surface area contributed by atoms with Gasteiger partial charge in [0.2, 0.25) is 0 Å². The molecule has 0 aromatic heterocycles. The molecule has 0 saturated heterocycles. The highest BCUT2D eigenvalue weighted by atomic mass is 32.2. The largest absolute Gasteiger partial charge is 0.229 e. The molecule has 0 bridgehead atoms. The van der Waals surface area contributed by atoms with E-state index in [2.05, 4.69) is 0 Å². The van der Waals surface area contributed by atoms with E-state index in [-0.39, 0.29) is 6.42 Å². The van der Waals surface area contributed by atoms with Crippen molar-refractivity contribution in [1.29, 1.82) is 5.26 Å². The third-order valence-electron chi connectivity index (χ3n) is 1.54. The highest BCUT2D eigenvalue weighted by Gasteiger charge is 2.18. The van der Waals surface area contributed by atoms with Gasteiger partial charge in [-0.25, -0.2) is 8.42 Å². The summed E-state index contributed by atoms with van der Waals surface area (Å²) in [6, 6.07) is 1.88. The molecule has 0 aromatic carbocycles. The second kappa shape index (κ2) is 4.35. The molecule has 3 nitrogen and oxygen atoms in total. The van der Waals surface area contributed by atoms with E-state index in [1.54, 1.807) is 0 Å². The zero-order valence-corrected chi connectivity index (χ0v) is 7.69. The first-order valence-corrected chi connectivity index (χ1v) is 5.53. The topological polar surface area (TPSA) is 57.9 Å². The Morgan fingerprint density at radius 2 is 2.09 bits per heavy atom. The van der Waals surface area contributed by atoms with Gasteiger partial charge >= 0.3 is 0 Å². The van der Waals surface area contributed by atoms with Crippen LogP contribution in [0.15, 0.2) is 0 Å². The molecule has 0 aliphatic carbocycles. The Bertz CT molecular complexity index is 238. The Kier molecular flexibility index (Phi) is 4.12. The highest BCUT2D eigenvalue weighted by molar-refractivity contribution is 7.91. The summed E-state index contributed by atoms with van der Waals surface area (Å²) < 4.78 is 21.9. The standard InChI is InChI=1S/C7H13NO2S/c1-3-4-7(5-6-8)11(2,9)10/h7H,3-5H2,1-2H3. The van der Waals surface area contributed by atoms with Crippen LogP contribution < -0.4 is 0 Å². The SMILES string of the molecule is CCCC(CC#N)S(C)(=O)=O. The molecule has 0 aliphatic heterocycles. The van der Waals surface area contributed by atoms with Crippen molar-refractivity contribution in [1.82, 2.24) is 0 Å². The molecule has 1 unspecified atom stereocenters. The van der Waals surface area contributed by atoms with Crippen LogP contribution in [0.1, 0.15) is 26.2 Å². The molecule has 0 spiro atoms. The van der Waals surface area contributed by atoms with E-state index in [1.165, 1.54) is 6.26 Å². The summed E-state index contributed by atoms with van der Waals surface area (Å²) in [6.07, 6.45) is 2.70. The first-order chi connectivity index (χ1) is 5.02. The molecular weight excluding hydrogens is 162 g/mol. The van der Waals surface area contributed by atoms with Gasteiger partial charge in [-0.2, -0.15) is 5.26 Å².